The zero-order chi connectivity index (χ0) is 9.47. The van der Waals surface area contributed by atoms with Crippen LogP contribution in [0.3, 0.4) is 0 Å². The van der Waals surface area contributed by atoms with Crippen LogP contribution in [0.15, 0.2) is 0 Å². The fraction of sp³-hybridized carbons (Fsp3) is 0.917. The molecule has 0 heterocycles. The van der Waals surface area contributed by atoms with E-state index in [0.29, 0.717) is 17.1 Å². The van der Waals surface area contributed by atoms with Gasteiger partial charge in [-0.2, -0.15) is 0 Å². The van der Waals surface area contributed by atoms with Crippen molar-refractivity contribution in [2.75, 3.05) is 0 Å². The molecule has 0 bridgehead atoms. The molecule has 0 aliphatic heterocycles. The van der Waals surface area contributed by atoms with Crippen LogP contribution in [0, 0.1) is 17.3 Å². The number of Topliss-reactive ketones (excluding diaryl/α,β-unsaturated/α-hetero) is 1. The summed E-state index contributed by atoms with van der Waals surface area (Å²) in [6, 6.07) is 0. The van der Waals surface area contributed by atoms with Gasteiger partial charge in [0, 0.05) is 5.92 Å². The summed E-state index contributed by atoms with van der Waals surface area (Å²) in [6.45, 7) is 4.14. The summed E-state index contributed by atoms with van der Waals surface area (Å²) in [4.78, 5) is 11.5. The molecule has 1 heteroatoms. The van der Waals surface area contributed by atoms with Gasteiger partial charge < -0.3 is 0 Å². The highest BCUT2D eigenvalue weighted by Crippen LogP contribution is 2.55. The number of hydrogen-bond donors (Lipinski definition) is 0. The van der Waals surface area contributed by atoms with E-state index in [9.17, 15) is 4.79 Å². The Hall–Kier alpha value is -0.330. The van der Waals surface area contributed by atoms with Crippen molar-refractivity contribution in [3.05, 3.63) is 0 Å². The first-order valence-corrected chi connectivity index (χ1v) is 5.65. The van der Waals surface area contributed by atoms with E-state index in [-0.39, 0.29) is 0 Å². The van der Waals surface area contributed by atoms with Gasteiger partial charge in [-0.1, -0.05) is 19.8 Å². The molecule has 2 aliphatic rings. The molecule has 2 aliphatic carbocycles. The average Bonchev–Trinajstić information content (AvgIpc) is 2.41. The summed E-state index contributed by atoms with van der Waals surface area (Å²) in [5.74, 6) is 1.68. The number of fused-ring (bicyclic) bond motifs is 1. The molecular weight excluding hydrogens is 160 g/mol. The molecule has 0 amide bonds. The highest BCUT2D eigenvalue weighted by atomic mass is 16.1. The summed E-state index contributed by atoms with van der Waals surface area (Å²) >= 11 is 0. The molecular formula is C12H20O. The maximum atomic E-state index is 11.5. The molecule has 0 unspecified atom stereocenters. The summed E-state index contributed by atoms with van der Waals surface area (Å²) in [5.41, 5.74) is 0.379. The van der Waals surface area contributed by atoms with Crippen LogP contribution in [0.25, 0.3) is 0 Å². The van der Waals surface area contributed by atoms with Gasteiger partial charge in [-0.05, 0) is 43.9 Å². The van der Waals surface area contributed by atoms with Crippen molar-refractivity contribution in [2.45, 2.75) is 52.4 Å². The predicted octanol–water partition coefficient (Wildman–Crippen LogP) is 3.18. The molecule has 74 valence electrons. The summed E-state index contributed by atoms with van der Waals surface area (Å²) in [7, 11) is 0. The van der Waals surface area contributed by atoms with Gasteiger partial charge in [-0.3, -0.25) is 4.79 Å². The smallest absolute Gasteiger partial charge is 0.133 e. The lowest BCUT2D eigenvalue weighted by Crippen LogP contribution is -2.34. The second-order valence-electron chi connectivity index (χ2n) is 5.19. The van der Waals surface area contributed by atoms with E-state index in [1.807, 2.05) is 0 Å². The molecule has 0 N–H and O–H groups in total. The Morgan fingerprint density at radius 2 is 2.00 bits per heavy atom. The van der Waals surface area contributed by atoms with Crippen LogP contribution in [-0.2, 0) is 4.79 Å². The van der Waals surface area contributed by atoms with Crippen molar-refractivity contribution < 1.29 is 4.79 Å². The molecule has 0 aromatic rings. The normalized spacial score (nSPS) is 44.5. The van der Waals surface area contributed by atoms with Gasteiger partial charge in [0.25, 0.3) is 0 Å². The van der Waals surface area contributed by atoms with E-state index in [4.69, 9.17) is 0 Å². The van der Waals surface area contributed by atoms with E-state index in [1.54, 1.807) is 6.92 Å². The van der Waals surface area contributed by atoms with Crippen molar-refractivity contribution in [1.29, 1.82) is 0 Å². The third kappa shape index (κ3) is 1.33. The SMILES string of the molecule is CC(=O)[C@H]1CC[C@@H]2CCCC[C@]21C. The minimum Gasteiger partial charge on any atom is -0.300 e. The van der Waals surface area contributed by atoms with Crippen molar-refractivity contribution in [2.24, 2.45) is 17.3 Å². The molecule has 0 aromatic heterocycles. The predicted molar refractivity (Wildman–Crippen MR) is 53.5 cm³/mol. The molecule has 0 aromatic carbocycles. The number of ketones is 1. The third-order valence-electron chi connectivity index (χ3n) is 4.54. The molecule has 2 saturated carbocycles. The van der Waals surface area contributed by atoms with Crippen LogP contribution in [0.1, 0.15) is 52.4 Å². The quantitative estimate of drug-likeness (QED) is 0.605. The molecule has 13 heavy (non-hydrogen) atoms. The lowest BCUT2D eigenvalue weighted by molar-refractivity contribution is -0.124. The van der Waals surface area contributed by atoms with Crippen molar-refractivity contribution >= 4 is 5.78 Å². The van der Waals surface area contributed by atoms with Crippen molar-refractivity contribution in [1.82, 2.24) is 0 Å². The number of carbonyl (C=O) groups excluding carboxylic acids is 1. The average molecular weight is 180 g/mol. The Bertz CT molecular complexity index is 221. The maximum absolute atomic E-state index is 11.5. The molecule has 2 fully saturated rings. The standard InChI is InChI=1S/C12H20O/c1-9(13)11-7-6-10-5-3-4-8-12(10,11)2/h10-11H,3-8H2,1-2H3/t10-,11+,12+/m0/s1. The molecule has 0 saturated heterocycles. The number of rotatable bonds is 1. The highest BCUT2D eigenvalue weighted by molar-refractivity contribution is 5.79. The highest BCUT2D eigenvalue weighted by Gasteiger charge is 2.48. The molecule has 0 spiro atoms. The number of carbonyl (C=O) groups is 1. The van der Waals surface area contributed by atoms with E-state index in [2.05, 4.69) is 6.92 Å². The largest absolute Gasteiger partial charge is 0.300 e. The van der Waals surface area contributed by atoms with Crippen LogP contribution in [0.5, 0.6) is 0 Å². The monoisotopic (exact) mass is 180 g/mol. The third-order valence-corrected chi connectivity index (χ3v) is 4.54. The zero-order valence-electron chi connectivity index (χ0n) is 8.81. The molecule has 3 atom stereocenters. The minimum atomic E-state index is 0.379. The van der Waals surface area contributed by atoms with E-state index < -0.39 is 0 Å². The molecule has 0 radical (unpaired) electrons. The summed E-state index contributed by atoms with van der Waals surface area (Å²) in [6.07, 6.45) is 7.88. The van der Waals surface area contributed by atoms with E-state index in [1.165, 1.54) is 32.1 Å². The molecule has 1 nitrogen and oxygen atoms in total. The Morgan fingerprint density at radius 3 is 2.69 bits per heavy atom. The van der Waals surface area contributed by atoms with E-state index in [0.717, 1.165) is 12.3 Å². The topological polar surface area (TPSA) is 17.1 Å². The van der Waals surface area contributed by atoms with Gasteiger partial charge in [0.1, 0.15) is 5.78 Å². The van der Waals surface area contributed by atoms with Crippen molar-refractivity contribution in [3.63, 3.8) is 0 Å². The first-order chi connectivity index (χ1) is 6.14. The fourth-order valence-electron chi connectivity index (χ4n) is 3.73. The first-order valence-electron chi connectivity index (χ1n) is 5.65. The Balaban J connectivity index is 2.20. The van der Waals surface area contributed by atoms with Crippen LogP contribution in [0.4, 0.5) is 0 Å². The number of hydrogen-bond acceptors (Lipinski definition) is 1. The molecule has 2 rings (SSSR count). The van der Waals surface area contributed by atoms with Crippen LogP contribution < -0.4 is 0 Å². The van der Waals surface area contributed by atoms with Gasteiger partial charge in [-0.25, -0.2) is 0 Å². The van der Waals surface area contributed by atoms with Gasteiger partial charge in [0.2, 0.25) is 0 Å². The van der Waals surface area contributed by atoms with Gasteiger partial charge in [0.05, 0.1) is 0 Å². The van der Waals surface area contributed by atoms with Crippen LogP contribution in [-0.4, -0.2) is 5.78 Å². The second-order valence-corrected chi connectivity index (χ2v) is 5.19. The van der Waals surface area contributed by atoms with Crippen molar-refractivity contribution in [3.8, 4) is 0 Å². The lowest BCUT2D eigenvalue weighted by Gasteiger charge is -2.39. The first kappa shape index (κ1) is 9.23. The van der Waals surface area contributed by atoms with E-state index >= 15 is 0 Å². The second kappa shape index (κ2) is 3.11. The maximum Gasteiger partial charge on any atom is 0.133 e. The van der Waals surface area contributed by atoms with Crippen LogP contribution in [0.2, 0.25) is 0 Å². The Morgan fingerprint density at radius 1 is 1.23 bits per heavy atom. The zero-order valence-corrected chi connectivity index (χ0v) is 8.81. The fourth-order valence-corrected chi connectivity index (χ4v) is 3.73. The van der Waals surface area contributed by atoms with Gasteiger partial charge >= 0.3 is 0 Å². The summed E-state index contributed by atoms with van der Waals surface area (Å²) in [5, 5.41) is 0. The summed E-state index contributed by atoms with van der Waals surface area (Å²) < 4.78 is 0. The lowest BCUT2D eigenvalue weighted by atomic mass is 9.65. The minimum absolute atomic E-state index is 0.379. The van der Waals surface area contributed by atoms with Gasteiger partial charge in [0.15, 0.2) is 0 Å². The van der Waals surface area contributed by atoms with Gasteiger partial charge in [-0.15, -0.1) is 0 Å². The Labute approximate surface area is 80.9 Å². The van der Waals surface area contributed by atoms with Crippen LogP contribution >= 0.6 is 0 Å². The Kier molecular flexibility index (Phi) is 2.21.